The molecule has 1 aromatic carbocycles. The van der Waals surface area contributed by atoms with E-state index >= 15 is 0 Å². The minimum atomic E-state index is -0.755. The highest BCUT2D eigenvalue weighted by Crippen LogP contribution is 2.41. The van der Waals surface area contributed by atoms with E-state index in [1.54, 1.807) is 13.2 Å². The summed E-state index contributed by atoms with van der Waals surface area (Å²) in [6.07, 6.45) is 1.71. The number of pyridine rings is 1. The van der Waals surface area contributed by atoms with E-state index in [9.17, 15) is 4.79 Å². The van der Waals surface area contributed by atoms with Crippen molar-refractivity contribution in [3.8, 4) is 0 Å². The highest BCUT2D eigenvalue weighted by Gasteiger charge is 2.48. The summed E-state index contributed by atoms with van der Waals surface area (Å²) in [5, 5.41) is 11.5. The zero-order valence-electron chi connectivity index (χ0n) is 16.3. The Labute approximate surface area is 168 Å². The Morgan fingerprint density at radius 2 is 1.85 bits per heavy atom. The number of rotatable bonds is 2. The van der Waals surface area contributed by atoms with Crippen LogP contribution in [0.2, 0.25) is 0 Å². The maximum absolute atomic E-state index is 13.2. The van der Waals surface area contributed by atoms with Crippen LogP contribution in [0.25, 0.3) is 0 Å². The number of benzene rings is 1. The van der Waals surface area contributed by atoms with E-state index < -0.39 is 11.5 Å². The molecule has 0 saturated carbocycles. The van der Waals surface area contributed by atoms with E-state index in [0.717, 1.165) is 11.1 Å². The Morgan fingerprint density at radius 1 is 1.22 bits per heavy atom. The SMILES string of the molecule is CN1C(=N)N[C@](C)(c2ccnc(Br)c2)[C@H](c2ccc(C(C)(C)C)cc2)C1=O. The number of nitrogens with one attached hydrogen (secondary N) is 2. The molecular formula is C21H25BrN4O. The monoisotopic (exact) mass is 428 g/mol. The normalized spacial score (nSPS) is 23.3. The van der Waals surface area contributed by atoms with Gasteiger partial charge < -0.3 is 5.32 Å². The quantitative estimate of drug-likeness (QED) is 0.706. The number of guanidine groups is 1. The topological polar surface area (TPSA) is 69.1 Å². The molecule has 2 aromatic rings. The van der Waals surface area contributed by atoms with E-state index in [2.05, 4.69) is 59.1 Å². The van der Waals surface area contributed by atoms with Gasteiger partial charge in [0.05, 0.1) is 11.5 Å². The molecule has 27 heavy (non-hydrogen) atoms. The number of hydrogen-bond donors (Lipinski definition) is 2. The first kappa shape index (κ1) is 19.5. The van der Waals surface area contributed by atoms with Gasteiger partial charge in [-0.05, 0) is 57.1 Å². The summed E-state index contributed by atoms with van der Waals surface area (Å²) in [6, 6.07) is 12.0. The van der Waals surface area contributed by atoms with Crippen LogP contribution < -0.4 is 5.32 Å². The lowest BCUT2D eigenvalue weighted by atomic mass is 9.73. The molecular weight excluding hydrogens is 404 g/mol. The summed E-state index contributed by atoms with van der Waals surface area (Å²) in [5.74, 6) is -0.462. The highest BCUT2D eigenvalue weighted by atomic mass is 79.9. The van der Waals surface area contributed by atoms with Crippen LogP contribution in [0.1, 0.15) is 50.3 Å². The van der Waals surface area contributed by atoms with Crippen molar-refractivity contribution in [2.24, 2.45) is 0 Å². The fourth-order valence-corrected chi connectivity index (χ4v) is 3.93. The summed E-state index contributed by atoms with van der Waals surface area (Å²) in [5.41, 5.74) is 2.34. The highest BCUT2D eigenvalue weighted by molar-refractivity contribution is 9.10. The Kier molecular flexibility index (Phi) is 4.89. The van der Waals surface area contributed by atoms with Gasteiger partial charge in [-0.15, -0.1) is 0 Å². The maximum Gasteiger partial charge on any atom is 0.239 e. The van der Waals surface area contributed by atoms with Gasteiger partial charge in [0, 0.05) is 13.2 Å². The molecule has 2 heterocycles. The van der Waals surface area contributed by atoms with Crippen LogP contribution in [0.5, 0.6) is 0 Å². The molecule has 1 aromatic heterocycles. The van der Waals surface area contributed by atoms with Crippen molar-refractivity contribution in [2.45, 2.75) is 44.6 Å². The van der Waals surface area contributed by atoms with Gasteiger partial charge in [0.2, 0.25) is 5.91 Å². The molecule has 3 rings (SSSR count). The smallest absolute Gasteiger partial charge is 0.239 e. The number of amides is 1. The lowest BCUT2D eigenvalue weighted by Gasteiger charge is -2.46. The van der Waals surface area contributed by atoms with Crippen molar-refractivity contribution in [3.05, 3.63) is 63.9 Å². The van der Waals surface area contributed by atoms with Gasteiger partial charge in [0.25, 0.3) is 0 Å². The molecule has 1 aliphatic heterocycles. The van der Waals surface area contributed by atoms with Crippen molar-refractivity contribution >= 4 is 27.8 Å². The Morgan fingerprint density at radius 3 is 2.41 bits per heavy atom. The Balaban J connectivity index is 2.13. The fourth-order valence-electron chi connectivity index (χ4n) is 3.57. The standard InChI is InChI=1S/C21H25BrN4O/c1-20(2,3)14-8-6-13(7-9-14)17-18(27)26(5)19(23)25-21(17,4)15-10-11-24-16(22)12-15/h6-12,17H,1-5H3,(H2,23,25)/t17-,21-/m1/s1. The summed E-state index contributed by atoms with van der Waals surface area (Å²) in [4.78, 5) is 18.8. The molecule has 0 spiro atoms. The van der Waals surface area contributed by atoms with E-state index in [1.165, 1.54) is 10.5 Å². The predicted molar refractivity (Wildman–Crippen MR) is 111 cm³/mol. The lowest BCUT2D eigenvalue weighted by Crippen LogP contribution is -2.62. The van der Waals surface area contributed by atoms with Crippen LogP contribution in [-0.2, 0) is 15.7 Å². The van der Waals surface area contributed by atoms with Gasteiger partial charge in [0.1, 0.15) is 4.60 Å². The van der Waals surface area contributed by atoms with Crippen LogP contribution in [0.4, 0.5) is 0 Å². The number of carbonyl (C=O) groups is 1. The van der Waals surface area contributed by atoms with Gasteiger partial charge in [0.15, 0.2) is 5.96 Å². The van der Waals surface area contributed by atoms with Crippen LogP contribution in [0.15, 0.2) is 47.2 Å². The first-order valence-corrected chi connectivity index (χ1v) is 9.70. The Bertz CT molecular complexity index is 888. The summed E-state index contributed by atoms with van der Waals surface area (Å²) < 4.78 is 0.697. The third-order valence-electron chi connectivity index (χ3n) is 5.30. The molecule has 2 N–H and O–H groups in total. The Hall–Kier alpha value is -2.21. The van der Waals surface area contributed by atoms with Crippen LogP contribution >= 0.6 is 15.9 Å². The minimum Gasteiger partial charge on any atom is -0.346 e. The van der Waals surface area contributed by atoms with Crippen LogP contribution in [-0.4, -0.2) is 28.8 Å². The molecule has 0 aliphatic carbocycles. The van der Waals surface area contributed by atoms with Crippen molar-refractivity contribution in [3.63, 3.8) is 0 Å². The molecule has 6 heteroatoms. The average Bonchev–Trinajstić information content (AvgIpc) is 2.59. The first-order chi connectivity index (χ1) is 12.5. The number of aromatic nitrogens is 1. The molecule has 1 saturated heterocycles. The maximum atomic E-state index is 13.2. The minimum absolute atomic E-state index is 0.0472. The van der Waals surface area contributed by atoms with Gasteiger partial charge >= 0.3 is 0 Å². The molecule has 0 unspecified atom stereocenters. The first-order valence-electron chi connectivity index (χ1n) is 8.91. The van der Waals surface area contributed by atoms with E-state index in [-0.39, 0.29) is 17.3 Å². The lowest BCUT2D eigenvalue weighted by molar-refractivity contribution is -0.131. The molecule has 5 nitrogen and oxygen atoms in total. The number of hydrogen-bond acceptors (Lipinski definition) is 3. The number of carbonyl (C=O) groups excluding carboxylic acids is 1. The summed E-state index contributed by atoms with van der Waals surface area (Å²) in [6.45, 7) is 8.48. The van der Waals surface area contributed by atoms with E-state index in [0.29, 0.717) is 4.60 Å². The summed E-state index contributed by atoms with van der Waals surface area (Å²) >= 11 is 3.41. The second-order valence-electron chi connectivity index (χ2n) is 8.25. The molecule has 0 radical (unpaired) electrons. The van der Waals surface area contributed by atoms with Gasteiger partial charge in [-0.1, -0.05) is 45.0 Å². The molecule has 1 amide bonds. The molecule has 2 atom stereocenters. The van der Waals surface area contributed by atoms with Crippen LogP contribution in [0.3, 0.4) is 0 Å². The van der Waals surface area contributed by atoms with Crippen molar-refractivity contribution in [2.75, 3.05) is 7.05 Å². The van der Waals surface area contributed by atoms with Crippen molar-refractivity contribution in [1.29, 1.82) is 5.41 Å². The van der Waals surface area contributed by atoms with E-state index in [1.807, 2.05) is 31.2 Å². The molecule has 1 aliphatic rings. The third kappa shape index (κ3) is 3.50. The molecule has 142 valence electrons. The van der Waals surface area contributed by atoms with E-state index in [4.69, 9.17) is 5.41 Å². The third-order valence-corrected chi connectivity index (χ3v) is 5.74. The van der Waals surface area contributed by atoms with Gasteiger partial charge in [-0.3, -0.25) is 15.1 Å². The van der Waals surface area contributed by atoms with Gasteiger partial charge in [-0.25, -0.2) is 4.98 Å². The fraction of sp³-hybridized carbons (Fsp3) is 0.381. The van der Waals surface area contributed by atoms with Crippen LogP contribution in [0, 0.1) is 5.41 Å². The van der Waals surface area contributed by atoms with Crippen molar-refractivity contribution in [1.82, 2.24) is 15.2 Å². The molecule has 1 fully saturated rings. The predicted octanol–water partition coefficient (Wildman–Crippen LogP) is 4.14. The average molecular weight is 429 g/mol. The number of nitrogens with zero attached hydrogens (tertiary/aromatic N) is 2. The summed E-state index contributed by atoms with van der Waals surface area (Å²) in [7, 11) is 1.64. The molecule has 0 bridgehead atoms. The number of halogens is 1. The zero-order chi connectivity index (χ0) is 20.0. The zero-order valence-corrected chi connectivity index (χ0v) is 17.9. The van der Waals surface area contributed by atoms with Gasteiger partial charge in [-0.2, -0.15) is 0 Å². The van der Waals surface area contributed by atoms with Crippen molar-refractivity contribution < 1.29 is 4.79 Å². The second-order valence-corrected chi connectivity index (χ2v) is 9.06. The largest absolute Gasteiger partial charge is 0.346 e. The number of likely N-dealkylation sites (N-methyl/N-ethyl adjacent to an activating group) is 1. The second kappa shape index (κ2) is 6.75.